The first-order valence-corrected chi connectivity index (χ1v) is 6.19. The van der Waals surface area contributed by atoms with Crippen molar-refractivity contribution in [2.45, 2.75) is 25.9 Å². The van der Waals surface area contributed by atoms with E-state index in [1.165, 1.54) is 6.07 Å². The highest BCUT2D eigenvalue weighted by atomic mass is 35.5. The van der Waals surface area contributed by atoms with Crippen LogP contribution in [0.4, 0.5) is 4.39 Å². The number of benzene rings is 1. The van der Waals surface area contributed by atoms with Crippen molar-refractivity contribution in [2.75, 3.05) is 12.5 Å². The van der Waals surface area contributed by atoms with Gasteiger partial charge in [-0.05, 0) is 25.8 Å². The van der Waals surface area contributed by atoms with Gasteiger partial charge in [-0.2, -0.15) is 0 Å². The molecular formula is C13H16ClFO. The fraction of sp³-hybridized carbons (Fsp3) is 0.538. The van der Waals surface area contributed by atoms with E-state index in [9.17, 15) is 4.39 Å². The summed E-state index contributed by atoms with van der Waals surface area (Å²) in [6.45, 7) is 2.66. The highest BCUT2D eigenvalue weighted by Gasteiger charge is 2.28. The predicted molar refractivity (Wildman–Crippen MR) is 63.3 cm³/mol. The monoisotopic (exact) mass is 242 g/mol. The zero-order valence-corrected chi connectivity index (χ0v) is 10.1. The number of hydrogen-bond acceptors (Lipinski definition) is 1. The maximum Gasteiger partial charge on any atom is 0.129 e. The largest absolute Gasteiger partial charge is 0.373 e. The molecule has 2 rings (SSSR count). The maximum absolute atomic E-state index is 13.7. The summed E-state index contributed by atoms with van der Waals surface area (Å²) < 4.78 is 19.4. The van der Waals surface area contributed by atoms with Gasteiger partial charge in [-0.3, -0.25) is 0 Å². The van der Waals surface area contributed by atoms with Crippen LogP contribution in [0.15, 0.2) is 18.2 Å². The van der Waals surface area contributed by atoms with Crippen molar-refractivity contribution in [1.29, 1.82) is 0 Å². The molecule has 16 heavy (non-hydrogen) atoms. The fourth-order valence-corrected chi connectivity index (χ4v) is 2.54. The molecule has 3 heteroatoms. The number of rotatable bonds is 2. The van der Waals surface area contributed by atoms with Crippen LogP contribution < -0.4 is 0 Å². The first kappa shape index (κ1) is 11.9. The second-order valence-corrected chi connectivity index (χ2v) is 4.68. The molecule has 0 N–H and O–H groups in total. The minimum atomic E-state index is -0.187. The number of alkyl halides is 1. The van der Waals surface area contributed by atoms with Gasteiger partial charge in [0.25, 0.3) is 0 Å². The Bertz CT molecular complexity index is 367. The molecule has 1 aromatic carbocycles. The molecule has 1 heterocycles. The van der Waals surface area contributed by atoms with Crippen molar-refractivity contribution in [3.63, 3.8) is 0 Å². The molecule has 1 saturated heterocycles. The second kappa shape index (κ2) is 5.15. The molecule has 1 nitrogen and oxygen atoms in total. The lowest BCUT2D eigenvalue weighted by Gasteiger charge is -2.31. The fourth-order valence-electron chi connectivity index (χ4n) is 2.23. The predicted octanol–water partition coefficient (Wildman–Crippen LogP) is 3.84. The van der Waals surface area contributed by atoms with E-state index >= 15 is 0 Å². The van der Waals surface area contributed by atoms with Crippen LogP contribution >= 0.6 is 11.6 Å². The summed E-state index contributed by atoms with van der Waals surface area (Å²) in [5, 5.41) is 0. The van der Waals surface area contributed by atoms with Gasteiger partial charge >= 0.3 is 0 Å². The molecule has 0 saturated carbocycles. The molecule has 88 valence electrons. The maximum atomic E-state index is 13.7. The van der Waals surface area contributed by atoms with Gasteiger partial charge in [0.05, 0.1) is 6.10 Å². The third kappa shape index (κ3) is 2.38. The summed E-state index contributed by atoms with van der Waals surface area (Å²) in [5.41, 5.74) is 1.71. The van der Waals surface area contributed by atoms with E-state index in [0.29, 0.717) is 18.1 Å². The molecule has 0 aliphatic carbocycles. The van der Waals surface area contributed by atoms with Crippen LogP contribution in [0.25, 0.3) is 0 Å². The smallest absolute Gasteiger partial charge is 0.129 e. The topological polar surface area (TPSA) is 9.23 Å². The van der Waals surface area contributed by atoms with Crippen LogP contribution in [-0.4, -0.2) is 12.5 Å². The minimum absolute atomic E-state index is 0.175. The van der Waals surface area contributed by atoms with Crippen molar-refractivity contribution >= 4 is 11.6 Å². The number of halogens is 2. The molecule has 0 bridgehead atoms. The molecule has 1 aliphatic heterocycles. The van der Waals surface area contributed by atoms with Crippen molar-refractivity contribution in [1.82, 2.24) is 0 Å². The molecule has 0 spiro atoms. The average Bonchev–Trinajstić information content (AvgIpc) is 2.32. The first-order valence-electron chi connectivity index (χ1n) is 5.66. The summed E-state index contributed by atoms with van der Waals surface area (Å²) in [6.07, 6.45) is 1.86. The Morgan fingerprint density at radius 3 is 3.06 bits per heavy atom. The summed E-state index contributed by atoms with van der Waals surface area (Å²) in [6, 6.07) is 5.15. The molecule has 0 radical (unpaired) electrons. The van der Waals surface area contributed by atoms with E-state index < -0.39 is 0 Å². The lowest BCUT2D eigenvalue weighted by Crippen LogP contribution is -2.24. The van der Waals surface area contributed by atoms with Gasteiger partial charge in [-0.15, -0.1) is 11.6 Å². The van der Waals surface area contributed by atoms with Crippen LogP contribution in [-0.2, 0) is 4.74 Å². The Balaban J connectivity index is 2.30. The van der Waals surface area contributed by atoms with Crippen molar-refractivity contribution in [3.8, 4) is 0 Å². The third-order valence-electron chi connectivity index (χ3n) is 3.10. The molecule has 2 atom stereocenters. The van der Waals surface area contributed by atoms with Gasteiger partial charge in [0, 0.05) is 24.0 Å². The normalized spacial score (nSPS) is 25.7. The Hall–Kier alpha value is -0.600. The quantitative estimate of drug-likeness (QED) is 0.716. The Morgan fingerprint density at radius 1 is 1.50 bits per heavy atom. The van der Waals surface area contributed by atoms with Gasteiger partial charge < -0.3 is 4.74 Å². The van der Waals surface area contributed by atoms with Crippen LogP contribution in [0.1, 0.15) is 30.1 Å². The molecule has 0 aromatic heterocycles. The van der Waals surface area contributed by atoms with Crippen molar-refractivity contribution in [2.24, 2.45) is 5.92 Å². The van der Waals surface area contributed by atoms with Gasteiger partial charge in [0.1, 0.15) is 5.82 Å². The highest BCUT2D eigenvalue weighted by molar-refractivity contribution is 6.18. The summed E-state index contributed by atoms with van der Waals surface area (Å²) in [5.74, 6) is 0.567. The van der Waals surface area contributed by atoms with E-state index in [0.717, 1.165) is 18.4 Å². The zero-order chi connectivity index (χ0) is 11.5. The minimum Gasteiger partial charge on any atom is -0.373 e. The standard InChI is InChI=1S/C13H16ClFO/c1-9-4-5-12(15)11(7-9)13-10(8-14)3-2-6-16-13/h4-5,7,10,13H,2-3,6,8H2,1H3. The van der Waals surface area contributed by atoms with E-state index in [1.807, 2.05) is 13.0 Å². The highest BCUT2D eigenvalue weighted by Crippen LogP contribution is 2.35. The number of hydrogen-bond donors (Lipinski definition) is 0. The van der Waals surface area contributed by atoms with E-state index in [4.69, 9.17) is 16.3 Å². The van der Waals surface area contributed by atoms with Gasteiger partial charge in [-0.1, -0.05) is 17.7 Å². The Labute approximate surface area is 101 Å². The summed E-state index contributed by atoms with van der Waals surface area (Å²) in [4.78, 5) is 0. The van der Waals surface area contributed by atoms with Crippen LogP contribution in [0.3, 0.4) is 0 Å². The Kier molecular flexibility index (Phi) is 3.82. The van der Waals surface area contributed by atoms with Gasteiger partial charge in [0.15, 0.2) is 0 Å². The second-order valence-electron chi connectivity index (χ2n) is 4.37. The molecule has 2 unspecified atom stereocenters. The summed E-state index contributed by atoms with van der Waals surface area (Å²) in [7, 11) is 0. The van der Waals surface area contributed by atoms with Crippen molar-refractivity contribution < 1.29 is 9.13 Å². The molecule has 1 aromatic rings. The van der Waals surface area contributed by atoms with Gasteiger partial charge in [-0.25, -0.2) is 4.39 Å². The molecule has 1 fully saturated rings. The average molecular weight is 243 g/mol. The van der Waals surface area contributed by atoms with Crippen LogP contribution in [0, 0.1) is 18.7 Å². The summed E-state index contributed by atoms with van der Waals surface area (Å²) >= 11 is 5.91. The first-order chi connectivity index (χ1) is 7.72. The van der Waals surface area contributed by atoms with E-state index in [-0.39, 0.29) is 17.8 Å². The molecular weight excluding hydrogens is 227 g/mol. The van der Waals surface area contributed by atoms with E-state index in [1.54, 1.807) is 6.07 Å². The molecule has 0 amide bonds. The van der Waals surface area contributed by atoms with Crippen LogP contribution in [0.2, 0.25) is 0 Å². The lowest BCUT2D eigenvalue weighted by atomic mass is 9.90. The number of ether oxygens (including phenoxy) is 1. The Morgan fingerprint density at radius 2 is 2.31 bits per heavy atom. The van der Waals surface area contributed by atoms with Crippen LogP contribution in [0.5, 0.6) is 0 Å². The SMILES string of the molecule is Cc1ccc(F)c(C2OCCCC2CCl)c1. The molecule has 1 aliphatic rings. The van der Waals surface area contributed by atoms with Crippen molar-refractivity contribution in [3.05, 3.63) is 35.1 Å². The van der Waals surface area contributed by atoms with Gasteiger partial charge in [0.2, 0.25) is 0 Å². The third-order valence-corrected chi connectivity index (χ3v) is 3.50. The number of aryl methyl sites for hydroxylation is 1. The lowest BCUT2D eigenvalue weighted by molar-refractivity contribution is -0.0227. The van der Waals surface area contributed by atoms with E-state index in [2.05, 4.69) is 0 Å². The zero-order valence-electron chi connectivity index (χ0n) is 9.38.